The van der Waals surface area contributed by atoms with Crippen molar-refractivity contribution in [2.24, 2.45) is 0 Å². The first-order chi connectivity index (χ1) is 47.2. The Hall–Kier alpha value is -1.94. The zero-order valence-electron chi connectivity index (χ0n) is 63.1. The molecule has 0 rings (SSSR count). The highest BCUT2D eigenvalue weighted by molar-refractivity contribution is 7.47. The van der Waals surface area contributed by atoms with Gasteiger partial charge in [0, 0.05) is 25.7 Å². The van der Waals surface area contributed by atoms with Gasteiger partial charge in [0.1, 0.15) is 19.3 Å². The molecule has 0 saturated carbocycles. The zero-order chi connectivity index (χ0) is 71.1. The molecule has 576 valence electrons. The van der Waals surface area contributed by atoms with Crippen LogP contribution in [0.1, 0.15) is 419 Å². The van der Waals surface area contributed by atoms with Crippen LogP contribution in [0.4, 0.5) is 0 Å². The van der Waals surface area contributed by atoms with Gasteiger partial charge in [0.15, 0.2) is 12.2 Å². The number of rotatable bonds is 79. The molecule has 0 aromatic heterocycles. The van der Waals surface area contributed by atoms with Crippen LogP contribution in [0.15, 0.2) is 0 Å². The maximum Gasteiger partial charge on any atom is 0.472 e. The Morgan fingerprint density at radius 3 is 0.608 bits per heavy atom. The molecule has 5 atom stereocenters. The van der Waals surface area contributed by atoms with Crippen molar-refractivity contribution in [3.05, 3.63) is 0 Å². The van der Waals surface area contributed by atoms with Crippen molar-refractivity contribution in [1.29, 1.82) is 0 Å². The number of hydrogen-bond acceptors (Lipinski definition) is 15. The van der Waals surface area contributed by atoms with E-state index < -0.39 is 97.5 Å². The number of aliphatic hydroxyl groups is 1. The number of aliphatic hydroxyl groups excluding tert-OH is 1. The third-order valence-corrected chi connectivity index (χ3v) is 20.3. The summed E-state index contributed by atoms with van der Waals surface area (Å²) in [5, 5.41) is 10.6. The highest BCUT2D eigenvalue weighted by Crippen LogP contribution is 2.45. The average molecular weight is 1420 g/mol. The minimum Gasteiger partial charge on any atom is -0.462 e. The van der Waals surface area contributed by atoms with Gasteiger partial charge in [-0.05, 0) is 25.7 Å². The van der Waals surface area contributed by atoms with Crippen molar-refractivity contribution in [2.45, 2.75) is 438 Å². The second-order valence-corrected chi connectivity index (χ2v) is 31.0. The largest absolute Gasteiger partial charge is 0.472 e. The maximum absolute atomic E-state index is 13.1. The standard InChI is InChI=1S/C78H152O17P2/c1-5-9-13-17-21-25-28-30-32-34-35-36-37-38-40-42-45-49-53-57-61-65-78(83)95-74(69-89-76(81)63-59-55-51-47-44-41-39-33-31-29-26-22-18-14-10-6-2)71-93-97(86,87)91-67-72(79)66-90-96(84,85)92-70-73(68-88-75(80)62-58-54-50-46-24-20-16-12-8-4)94-77(82)64-60-56-52-48-43-27-23-19-15-11-7-3/h72-74,79H,5-71H2,1-4H3,(H,84,85)(H,86,87)/t72-,73+,74+/m0/s1. The molecule has 0 aliphatic heterocycles. The summed E-state index contributed by atoms with van der Waals surface area (Å²) in [5.41, 5.74) is 0. The average Bonchev–Trinajstić information content (AvgIpc) is 1.61. The monoisotopic (exact) mass is 1420 g/mol. The first-order valence-corrected chi connectivity index (χ1v) is 43.8. The fourth-order valence-electron chi connectivity index (χ4n) is 12.1. The van der Waals surface area contributed by atoms with Gasteiger partial charge in [-0.1, -0.05) is 368 Å². The number of hydrogen-bond donors (Lipinski definition) is 3. The summed E-state index contributed by atoms with van der Waals surface area (Å²) in [5.74, 6) is -2.11. The van der Waals surface area contributed by atoms with Gasteiger partial charge in [-0.25, -0.2) is 9.13 Å². The lowest BCUT2D eigenvalue weighted by molar-refractivity contribution is -0.161. The molecule has 0 aromatic carbocycles. The molecule has 19 heteroatoms. The highest BCUT2D eigenvalue weighted by atomic mass is 31.2. The molecule has 0 amide bonds. The molecule has 97 heavy (non-hydrogen) atoms. The molecule has 2 unspecified atom stereocenters. The van der Waals surface area contributed by atoms with Crippen molar-refractivity contribution in [3.63, 3.8) is 0 Å². The molecule has 0 radical (unpaired) electrons. The molecular weight excluding hydrogens is 1270 g/mol. The molecule has 0 aliphatic rings. The molecule has 0 spiro atoms. The third-order valence-electron chi connectivity index (χ3n) is 18.4. The second kappa shape index (κ2) is 72.4. The summed E-state index contributed by atoms with van der Waals surface area (Å²) in [7, 11) is -9.91. The predicted octanol–water partition coefficient (Wildman–Crippen LogP) is 23.4. The lowest BCUT2D eigenvalue weighted by Gasteiger charge is -2.21. The number of ether oxygens (including phenoxy) is 4. The van der Waals surface area contributed by atoms with E-state index in [2.05, 4.69) is 27.7 Å². The van der Waals surface area contributed by atoms with Gasteiger partial charge in [-0.3, -0.25) is 37.3 Å². The SMILES string of the molecule is CCCCCCCCCCCCCCCCCCCCCCCC(=O)O[C@H](COC(=O)CCCCCCCCCCCCCCCCCC)COP(=O)(O)OC[C@@H](O)COP(=O)(O)OC[C@@H](COC(=O)CCCCCCCCCCC)OC(=O)CCCCCCCCCCCCC. The zero-order valence-corrected chi connectivity index (χ0v) is 64.8. The van der Waals surface area contributed by atoms with Crippen molar-refractivity contribution < 1.29 is 80.2 Å². The number of esters is 4. The van der Waals surface area contributed by atoms with E-state index in [1.165, 1.54) is 250 Å². The molecule has 0 aromatic rings. The van der Waals surface area contributed by atoms with E-state index in [0.29, 0.717) is 25.7 Å². The summed E-state index contributed by atoms with van der Waals surface area (Å²) < 4.78 is 68.5. The van der Waals surface area contributed by atoms with Gasteiger partial charge in [0.05, 0.1) is 26.4 Å². The van der Waals surface area contributed by atoms with E-state index in [9.17, 15) is 43.2 Å². The third kappa shape index (κ3) is 72.2. The summed E-state index contributed by atoms with van der Waals surface area (Å²) >= 11 is 0. The molecule has 3 N–H and O–H groups in total. The van der Waals surface area contributed by atoms with Crippen LogP contribution < -0.4 is 0 Å². The van der Waals surface area contributed by atoms with Crippen LogP contribution in [-0.4, -0.2) is 96.7 Å². The van der Waals surface area contributed by atoms with Crippen molar-refractivity contribution in [1.82, 2.24) is 0 Å². The number of phosphoric acid groups is 2. The Bertz CT molecular complexity index is 1840. The van der Waals surface area contributed by atoms with Crippen LogP contribution in [0.25, 0.3) is 0 Å². The van der Waals surface area contributed by atoms with E-state index in [1.807, 2.05) is 0 Å². The molecular formula is C78H152O17P2. The lowest BCUT2D eigenvalue weighted by atomic mass is 10.0. The summed E-state index contributed by atoms with van der Waals surface area (Å²) in [6, 6.07) is 0. The van der Waals surface area contributed by atoms with Gasteiger partial charge in [-0.15, -0.1) is 0 Å². The first kappa shape index (κ1) is 95.1. The minimum absolute atomic E-state index is 0.108. The normalized spacial score (nSPS) is 13.8. The Balaban J connectivity index is 5.18. The Morgan fingerprint density at radius 2 is 0.412 bits per heavy atom. The van der Waals surface area contributed by atoms with Crippen LogP contribution in [-0.2, 0) is 65.4 Å². The van der Waals surface area contributed by atoms with Crippen LogP contribution >= 0.6 is 15.6 Å². The molecule has 17 nitrogen and oxygen atoms in total. The second-order valence-electron chi connectivity index (χ2n) is 28.1. The lowest BCUT2D eigenvalue weighted by Crippen LogP contribution is -2.30. The van der Waals surface area contributed by atoms with Crippen LogP contribution in [0.5, 0.6) is 0 Å². The minimum atomic E-state index is -4.96. The van der Waals surface area contributed by atoms with Crippen LogP contribution in [0.2, 0.25) is 0 Å². The molecule has 0 fully saturated rings. The van der Waals surface area contributed by atoms with E-state index in [-0.39, 0.29) is 25.7 Å². The number of carbonyl (C=O) groups excluding carboxylic acids is 4. The van der Waals surface area contributed by atoms with Gasteiger partial charge in [0.2, 0.25) is 0 Å². The molecule has 0 saturated heterocycles. The molecule has 0 heterocycles. The Labute approximate surface area is 594 Å². The summed E-state index contributed by atoms with van der Waals surface area (Å²) in [6.45, 7) is 4.98. The maximum atomic E-state index is 13.1. The van der Waals surface area contributed by atoms with Gasteiger partial charge >= 0.3 is 39.5 Å². The highest BCUT2D eigenvalue weighted by Gasteiger charge is 2.30. The fraction of sp³-hybridized carbons (Fsp3) is 0.949. The topological polar surface area (TPSA) is 237 Å². The van der Waals surface area contributed by atoms with Crippen molar-refractivity contribution in [2.75, 3.05) is 39.6 Å². The van der Waals surface area contributed by atoms with Crippen molar-refractivity contribution in [3.8, 4) is 0 Å². The molecule has 0 bridgehead atoms. The molecule has 0 aliphatic carbocycles. The Morgan fingerprint density at radius 1 is 0.247 bits per heavy atom. The quantitative estimate of drug-likeness (QED) is 0.0222. The number of carbonyl (C=O) groups is 4. The van der Waals surface area contributed by atoms with Gasteiger partial charge in [0.25, 0.3) is 0 Å². The van der Waals surface area contributed by atoms with Gasteiger partial charge < -0.3 is 33.8 Å². The van der Waals surface area contributed by atoms with Gasteiger partial charge in [-0.2, -0.15) is 0 Å². The smallest absolute Gasteiger partial charge is 0.462 e. The summed E-state index contributed by atoms with van der Waals surface area (Å²) in [4.78, 5) is 72.8. The van der Waals surface area contributed by atoms with Crippen LogP contribution in [0.3, 0.4) is 0 Å². The Kier molecular flexibility index (Phi) is 71.0. The van der Waals surface area contributed by atoms with E-state index in [0.717, 1.165) is 89.9 Å². The van der Waals surface area contributed by atoms with E-state index >= 15 is 0 Å². The predicted molar refractivity (Wildman–Crippen MR) is 395 cm³/mol. The summed E-state index contributed by atoms with van der Waals surface area (Å²) in [6.07, 6.45) is 63.9. The van der Waals surface area contributed by atoms with E-state index in [4.69, 9.17) is 37.0 Å². The number of phosphoric ester groups is 2. The fourth-order valence-corrected chi connectivity index (χ4v) is 13.7. The van der Waals surface area contributed by atoms with Crippen LogP contribution in [0, 0.1) is 0 Å². The van der Waals surface area contributed by atoms with Crippen molar-refractivity contribution >= 4 is 39.5 Å². The first-order valence-electron chi connectivity index (χ1n) is 40.8. The van der Waals surface area contributed by atoms with E-state index in [1.54, 1.807) is 0 Å². The number of unbranched alkanes of at least 4 members (excludes halogenated alkanes) is 53.